The fourth-order valence-electron chi connectivity index (χ4n) is 1.40. The third-order valence-corrected chi connectivity index (χ3v) is 2.20. The molecule has 1 aromatic carbocycles. The Kier molecular flexibility index (Phi) is 2.79. The average molecular weight is 211 g/mol. The minimum atomic E-state index is -0.158. The lowest BCUT2D eigenvalue weighted by molar-refractivity contribution is 0.0998. The zero-order valence-corrected chi connectivity index (χ0v) is 8.50. The van der Waals surface area contributed by atoms with E-state index in [0.717, 1.165) is 5.69 Å². The fraction of sp³-hybridized carbons (Fsp3) is 0.0833. The third kappa shape index (κ3) is 1.98. The minimum Gasteiger partial charge on any atom is -0.293 e. The quantitative estimate of drug-likeness (QED) is 0.729. The van der Waals surface area contributed by atoms with Crippen molar-refractivity contribution in [3.05, 3.63) is 48.3 Å². The fourth-order valence-corrected chi connectivity index (χ4v) is 1.40. The lowest BCUT2D eigenvalue weighted by Gasteiger charge is -2.02. The molecular formula is C12H9N3O. The molecule has 1 aromatic heterocycles. The second kappa shape index (κ2) is 4.41. The molecule has 2 aromatic rings. The SMILES string of the molecule is N#CCC(=O)c1ccc(-n2cccn2)cc1. The number of aromatic nitrogens is 2. The van der Waals surface area contributed by atoms with Gasteiger partial charge in [0.1, 0.15) is 0 Å². The maximum atomic E-state index is 11.4. The summed E-state index contributed by atoms with van der Waals surface area (Å²) in [5.74, 6) is -0.158. The summed E-state index contributed by atoms with van der Waals surface area (Å²) in [6, 6.07) is 10.7. The molecule has 0 unspecified atom stereocenters. The van der Waals surface area contributed by atoms with Gasteiger partial charge in [0, 0.05) is 18.0 Å². The topological polar surface area (TPSA) is 58.7 Å². The maximum Gasteiger partial charge on any atom is 0.176 e. The van der Waals surface area contributed by atoms with E-state index >= 15 is 0 Å². The highest BCUT2D eigenvalue weighted by molar-refractivity contribution is 5.97. The maximum absolute atomic E-state index is 11.4. The zero-order chi connectivity index (χ0) is 11.4. The predicted molar refractivity (Wildman–Crippen MR) is 58.1 cm³/mol. The Labute approximate surface area is 92.7 Å². The van der Waals surface area contributed by atoms with E-state index in [9.17, 15) is 4.79 Å². The van der Waals surface area contributed by atoms with E-state index in [1.165, 1.54) is 0 Å². The number of hydrogen-bond donors (Lipinski definition) is 0. The Bertz CT molecular complexity index is 520. The van der Waals surface area contributed by atoms with Gasteiger partial charge in [-0.25, -0.2) is 4.68 Å². The summed E-state index contributed by atoms with van der Waals surface area (Å²) >= 11 is 0. The smallest absolute Gasteiger partial charge is 0.176 e. The van der Waals surface area contributed by atoms with Crippen LogP contribution < -0.4 is 0 Å². The second-order valence-electron chi connectivity index (χ2n) is 3.26. The number of nitrogens with zero attached hydrogens (tertiary/aromatic N) is 3. The number of benzene rings is 1. The first-order chi connectivity index (χ1) is 7.81. The van der Waals surface area contributed by atoms with Crippen LogP contribution in [-0.2, 0) is 0 Å². The number of hydrogen-bond acceptors (Lipinski definition) is 3. The van der Waals surface area contributed by atoms with Crippen LogP contribution in [0.15, 0.2) is 42.7 Å². The second-order valence-corrected chi connectivity index (χ2v) is 3.26. The van der Waals surface area contributed by atoms with Gasteiger partial charge >= 0.3 is 0 Å². The molecule has 0 saturated heterocycles. The summed E-state index contributed by atoms with van der Waals surface area (Å²) in [6.07, 6.45) is 3.43. The summed E-state index contributed by atoms with van der Waals surface area (Å²) in [5.41, 5.74) is 1.44. The summed E-state index contributed by atoms with van der Waals surface area (Å²) in [5, 5.41) is 12.5. The van der Waals surface area contributed by atoms with Gasteiger partial charge in [-0.05, 0) is 30.3 Å². The third-order valence-electron chi connectivity index (χ3n) is 2.20. The van der Waals surface area contributed by atoms with Crippen molar-refractivity contribution in [2.75, 3.05) is 0 Å². The number of carbonyl (C=O) groups is 1. The van der Waals surface area contributed by atoms with Crippen molar-refractivity contribution < 1.29 is 4.79 Å². The van der Waals surface area contributed by atoms with E-state index in [1.807, 2.05) is 18.3 Å². The summed E-state index contributed by atoms with van der Waals surface area (Å²) < 4.78 is 1.71. The van der Waals surface area contributed by atoms with Gasteiger partial charge < -0.3 is 0 Å². The Morgan fingerprint density at radius 3 is 2.69 bits per heavy atom. The largest absolute Gasteiger partial charge is 0.293 e. The number of Topliss-reactive ketones (excluding diaryl/α,β-unsaturated/α-hetero) is 1. The van der Waals surface area contributed by atoms with Crippen molar-refractivity contribution in [1.82, 2.24) is 9.78 Å². The van der Waals surface area contributed by atoms with Gasteiger partial charge in [-0.1, -0.05) is 0 Å². The van der Waals surface area contributed by atoms with Gasteiger partial charge in [0.05, 0.1) is 18.2 Å². The Morgan fingerprint density at radius 2 is 2.12 bits per heavy atom. The average Bonchev–Trinajstić information content (AvgIpc) is 2.83. The van der Waals surface area contributed by atoms with Gasteiger partial charge in [-0.15, -0.1) is 0 Å². The number of nitriles is 1. The standard InChI is InChI=1S/C12H9N3O/c13-7-6-12(16)10-2-4-11(5-3-10)15-9-1-8-14-15/h1-5,8-9H,6H2. The number of rotatable bonds is 3. The normalized spacial score (nSPS) is 9.69. The molecular weight excluding hydrogens is 202 g/mol. The summed E-state index contributed by atoms with van der Waals surface area (Å²) in [4.78, 5) is 11.4. The van der Waals surface area contributed by atoms with E-state index in [4.69, 9.17) is 5.26 Å². The molecule has 0 saturated carbocycles. The first-order valence-electron chi connectivity index (χ1n) is 4.81. The molecule has 16 heavy (non-hydrogen) atoms. The molecule has 0 radical (unpaired) electrons. The van der Waals surface area contributed by atoms with E-state index < -0.39 is 0 Å². The van der Waals surface area contributed by atoms with Crippen LogP contribution in [0.2, 0.25) is 0 Å². The van der Waals surface area contributed by atoms with Crippen LogP contribution in [0.5, 0.6) is 0 Å². The van der Waals surface area contributed by atoms with Crippen molar-refractivity contribution in [3.8, 4) is 11.8 Å². The molecule has 0 aliphatic heterocycles. The van der Waals surface area contributed by atoms with Gasteiger partial charge in [-0.2, -0.15) is 10.4 Å². The van der Waals surface area contributed by atoms with Gasteiger partial charge in [0.25, 0.3) is 0 Å². The van der Waals surface area contributed by atoms with Crippen LogP contribution >= 0.6 is 0 Å². The molecule has 2 rings (SSSR count). The Hall–Kier alpha value is -2.41. The summed E-state index contributed by atoms with van der Waals surface area (Å²) in [6.45, 7) is 0. The molecule has 0 fully saturated rings. The molecule has 0 atom stereocenters. The van der Waals surface area contributed by atoms with Crippen molar-refractivity contribution in [3.63, 3.8) is 0 Å². The van der Waals surface area contributed by atoms with Crippen LogP contribution in [0.25, 0.3) is 5.69 Å². The molecule has 0 N–H and O–H groups in total. The van der Waals surface area contributed by atoms with E-state index in [0.29, 0.717) is 5.56 Å². The lowest BCUT2D eigenvalue weighted by Crippen LogP contribution is -1.99. The molecule has 4 heteroatoms. The molecule has 0 aliphatic rings. The predicted octanol–water partition coefficient (Wildman–Crippen LogP) is 1.97. The van der Waals surface area contributed by atoms with Gasteiger partial charge in [0.15, 0.2) is 5.78 Å². The van der Waals surface area contributed by atoms with Crippen molar-refractivity contribution in [2.45, 2.75) is 6.42 Å². The van der Waals surface area contributed by atoms with E-state index in [-0.39, 0.29) is 12.2 Å². The van der Waals surface area contributed by atoms with Crippen LogP contribution in [-0.4, -0.2) is 15.6 Å². The van der Waals surface area contributed by atoms with Crippen molar-refractivity contribution in [2.24, 2.45) is 0 Å². The van der Waals surface area contributed by atoms with Gasteiger partial charge in [0.2, 0.25) is 0 Å². The van der Waals surface area contributed by atoms with Crippen molar-refractivity contribution in [1.29, 1.82) is 5.26 Å². The first kappa shape index (κ1) is 10.1. The van der Waals surface area contributed by atoms with Crippen LogP contribution in [0, 0.1) is 11.3 Å². The number of carbonyl (C=O) groups excluding carboxylic acids is 1. The highest BCUT2D eigenvalue weighted by atomic mass is 16.1. The van der Waals surface area contributed by atoms with Gasteiger partial charge in [-0.3, -0.25) is 4.79 Å². The molecule has 0 bridgehead atoms. The Balaban J connectivity index is 2.24. The van der Waals surface area contributed by atoms with E-state index in [2.05, 4.69) is 5.10 Å². The highest BCUT2D eigenvalue weighted by Gasteiger charge is 2.04. The highest BCUT2D eigenvalue weighted by Crippen LogP contribution is 2.09. The van der Waals surface area contributed by atoms with Crippen LogP contribution in [0.3, 0.4) is 0 Å². The lowest BCUT2D eigenvalue weighted by atomic mass is 10.1. The zero-order valence-electron chi connectivity index (χ0n) is 8.50. The molecule has 4 nitrogen and oxygen atoms in total. The molecule has 0 aliphatic carbocycles. The molecule has 1 heterocycles. The van der Waals surface area contributed by atoms with Crippen LogP contribution in [0.4, 0.5) is 0 Å². The molecule has 0 amide bonds. The summed E-state index contributed by atoms with van der Waals surface area (Å²) in [7, 11) is 0. The van der Waals surface area contributed by atoms with Crippen molar-refractivity contribution >= 4 is 5.78 Å². The monoisotopic (exact) mass is 211 g/mol. The first-order valence-corrected chi connectivity index (χ1v) is 4.81. The minimum absolute atomic E-state index is 0.0822. The molecule has 0 spiro atoms. The van der Waals surface area contributed by atoms with Crippen LogP contribution in [0.1, 0.15) is 16.8 Å². The Morgan fingerprint density at radius 1 is 1.38 bits per heavy atom. The number of ketones is 1. The van der Waals surface area contributed by atoms with E-state index in [1.54, 1.807) is 35.1 Å². The molecule has 78 valence electrons.